The monoisotopic (exact) mass is 547 g/mol. The number of aliphatic hydroxyl groups excluding tert-OH is 2. The zero-order valence-electron chi connectivity index (χ0n) is 21.3. The molecule has 3 heterocycles. The fourth-order valence-corrected chi connectivity index (χ4v) is 5.85. The number of halogens is 3. The van der Waals surface area contributed by atoms with E-state index in [1.54, 1.807) is 0 Å². The number of rotatable bonds is 9. The van der Waals surface area contributed by atoms with E-state index in [0.717, 1.165) is 37.5 Å². The summed E-state index contributed by atoms with van der Waals surface area (Å²) in [6, 6.07) is 4.38. The normalized spacial score (nSPS) is 22.3. The highest BCUT2D eigenvalue weighted by atomic mass is 35.5. The lowest BCUT2D eigenvalue weighted by atomic mass is 10.0. The van der Waals surface area contributed by atoms with Gasteiger partial charge in [-0.05, 0) is 51.1 Å². The average Bonchev–Trinajstić information content (AvgIpc) is 3.53. The molecule has 4 aromatic rings. The second kappa shape index (κ2) is 10.4. The number of nitrogens with zero attached hydrogens (tertiary/aromatic N) is 5. The smallest absolute Gasteiger partial charge is 0.272 e. The van der Waals surface area contributed by atoms with Crippen molar-refractivity contribution in [2.75, 3.05) is 25.9 Å². The number of alkyl halides is 2. The molecule has 1 fully saturated rings. The minimum Gasteiger partial charge on any atom is -0.390 e. The topological polar surface area (TPSA) is 129 Å². The van der Waals surface area contributed by atoms with Gasteiger partial charge in [0.1, 0.15) is 29.7 Å². The van der Waals surface area contributed by atoms with Gasteiger partial charge in [0.15, 0.2) is 0 Å². The predicted octanol–water partition coefficient (Wildman–Crippen LogP) is 3.89. The van der Waals surface area contributed by atoms with E-state index in [4.69, 9.17) is 17.3 Å². The Balaban J connectivity index is 1.14. The highest BCUT2D eigenvalue weighted by molar-refractivity contribution is 6.32. The number of aromatic amines is 1. The summed E-state index contributed by atoms with van der Waals surface area (Å²) in [5, 5.41) is 22.3. The van der Waals surface area contributed by atoms with Crippen LogP contribution in [0.4, 0.5) is 14.6 Å². The molecule has 204 valence electrons. The molecule has 0 bridgehead atoms. The Morgan fingerprint density at radius 1 is 1.24 bits per heavy atom. The standard InChI is InChI=1S/C26H32ClF2N7O2/c1-26(28,29)16-10-18-19(11-17(16)27)34-21(33-18)5-3-4-7-35(2)12-14-9-20(23(38)22(14)37)36-8-6-15-24(30)31-13-32-25(15)36/h6,8,10-11,13-14,20,22-23,37-38H,3-5,7,9,12H2,1-2H3,(H,33,34)(H2,30,31,32)/t14-,20-,22-,23+/m1/s1. The van der Waals surface area contributed by atoms with Crippen molar-refractivity contribution in [2.24, 2.45) is 5.92 Å². The van der Waals surface area contributed by atoms with Crippen molar-refractivity contribution in [3.63, 3.8) is 0 Å². The zero-order chi connectivity index (χ0) is 27.2. The van der Waals surface area contributed by atoms with E-state index in [9.17, 15) is 19.0 Å². The molecule has 5 N–H and O–H groups in total. The Morgan fingerprint density at radius 2 is 2.03 bits per heavy atom. The summed E-state index contributed by atoms with van der Waals surface area (Å²) in [5.74, 6) is -2.01. The molecule has 3 aromatic heterocycles. The first-order chi connectivity index (χ1) is 18.0. The van der Waals surface area contributed by atoms with E-state index < -0.39 is 18.1 Å². The molecule has 0 aliphatic heterocycles. The lowest BCUT2D eigenvalue weighted by molar-refractivity contribution is 0.00167. The molecule has 12 heteroatoms. The molecule has 5 rings (SSSR count). The summed E-state index contributed by atoms with van der Waals surface area (Å²) >= 11 is 6.04. The molecule has 9 nitrogen and oxygen atoms in total. The fraction of sp³-hybridized carbons (Fsp3) is 0.500. The van der Waals surface area contributed by atoms with E-state index >= 15 is 0 Å². The predicted molar refractivity (Wildman–Crippen MR) is 142 cm³/mol. The van der Waals surface area contributed by atoms with E-state index in [0.29, 0.717) is 41.9 Å². The Morgan fingerprint density at radius 3 is 2.79 bits per heavy atom. The maximum atomic E-state index is 13.8. The van der Waals surface area contributed by atoms with Crippen LogP contribution in [0.3, 0.4) is 0 Å². The molecule has 0 saturated heterocycles. The highest BCUT2D eigenvalue weighted by Crippen LogP contribution is 2.38. The largest absolute Gasteiger partial charge is 0.390 e. The second-order valence-corrected chi connectivity index (χ2v) is 10.8. The molecule has 0 spiro atoms. The van der Waals surface area contributed by atoms with Crippen LogP contribution in [-0.4, -0.2) is 72.0 Å². The van der Waals surface area contributed by atoms with Crippen molar-refractivity contribution in [1.29, 1.82) is 0 Å². The van der Waals surface area contributed by atoms with Gasteiger partial charge in [-0.1, -0.05) is 11.6 Å². The van der Waals surface area contributed by atoms with Crippen molar-refractivity contribution in [1.82, 2.24) is 29.4 Å². The van der Waals surface area contributed by atoms with Gasteiger partial charge in [0.2, 0.25) is 0 Å². The Bertz CT molecular complexity index is 1440. The van der Waals surface area contributed by atoms with Crippen LogP contribution in [0.5, 0.6) is 0 Å². The molecule has 4 atom stereocenters. The number of aliphatic hydroxyl groups is 2. The number of hydrogen-bond donors (Lipinski definition) is 4. The number of nitrogens with one attached hydrogen (secondary N) is 1. The molecule has 0 radical (unpaired) electrons. The van der Waals surface area contributed by atoms with Crippen LogP contribution in [0, 0.1) is 5.92 Å². The third kappa shape index (κ3) is 5.20. The average molecular weight is 548 g/mol. The van der Waals surface area contributed by atoms with Gasteiger partial charge < -0.3 is 30.4 Å². The molecular weight excluding hydrogens is 516 g/mol. The SMILES string of the molecule is CN(CCCCc1nc2cc(C(C)(F)F)c(Cl)cc2[nH]1)C[C@H]1C[C@@H](n2ccc3c(N)ncnc32)[C@H](O)[C@@H]1O. The summed E-state index contributed by atoms with van der Waals surface area (Å²) in [4.78, 5) is 18.1. The van der Waals surface area contributed by atoms with E-state index in [2.05, 4.69) is 24.8 Å². The van der Waals surface area contributed by atoms with Crippen LogP contribution in [-0.2, 0) is 12.3 Å². The molecular formula is C26H32ClF2N7O2. The highest BCUT2D eigenvalue weighted by Gasteiger charge is 2.43. The van der Waals surface area contributed by atoms with E-state index in [1.165, 1.54) is 18.5 Å². The number of aryl methyl sites for hydroxylation is 1. The van der Waals surface area contributed by atoms with Crippen molar-refractivity contribution in [2.45, 2.75) is 56.8 Å². The van der Waals surface area contributed by atoms with Crippen LogP contribution in [0.2, 0.25) is 5.02 Å². The molecule has 38 heavy (non-hydrogen) atoms. The van der Waals surface area contributed by atoms with Gasteiger partial charge in [0.25, 0.3) is 5.92 Å². The van der Waals surface area contributed by atoms with Crippen molar-refractivity contribution < 1.29 is 19.0 Å². The number of fused-ring (bicyclic) bond motifs is 2. The number of nitrogens with two attached hydrogens (primary N) is 1. The first-order valence-corrected chi connectivity index (χ1v) is 13.1. The van der Waals surface area contributed by atoms with Gasteiger partial charge in [-0.15, -0.1) is 0 Å². The van der Waals surface area contributed by atoms with Gasteiger partial charge >= 0.3 is 0 Å². The third-order valence-electron chi connectivity index (χ3n) is 7.51. The molecule has 0 amide bonds. The second-order valence-electron chi connectivity index (χ2n) is 10.4. The lowest BCUT2D eigenvalue weighted by Gasteiger charge is -2.23. The van der Waals surface area contributed by atoms with Gasteiger partial charge in [0, 0.05) is 37.6 Å². The van der Waals surface area contributed by atoms with Crippen molar-refractivity contribution in [3.05, 3.63) is 47.1 Å². The molecule has 0 unspecified atom stereocenters. The molecule has 1 aliphatic carbocycles. The zero-order valence-corrected chi connectivity index (χ0v) is 22.0. The molecule has 1 aromatic carbocycles. The number of imidazole rings is 1. The first-order valence-electron chi connectivity index (χ1n) is 12.7. The van der Waals surface area contributed by atoms with Crippen LogP contribution < -0.4 is 5.73 Å². The van der Waals surface area contributed by atoms with Gasteiger partial charge in [-0.25, -0.2) is 23.7 Å². The summed E-state index contributed by atoms with van der Waals surface area (Å²) < 4.78 is 29.4. The number of nitrogen functional groups attached to an aromatic ring is 1. The number of unbranched alkanes of at least 4 members (excludes halogenated alkanes) is 1. The number of H-pyrrole nitrogens is 1. The molecule has 1 saturated carbocycles. The summed E-state index contributed by atoms with van der Waals surface area (Å²) in [5.41, 5.74) is 7.49. The summed E-state index contributed by atoms with van der Waals surface area (Å²) in [6.45, 7) is 2.27. The number of anilines is 1. The fourth-order valence-electron chi connectivity index (χ4n) is 5.52. The van der Waals surface area contributed by atoms with Crippen LogP contribution in [0.15, 0.2) is 30.7 Å². The maximum Gasteiger partial charge on any atom is 0.272 e. The van der Waals surface area contributed by atoms with E-state index in [1.807, 2.05) is 23.9 Å². The number of aromatic nitrogens is 5. The van der Waals surface area contributed by atoms with Crippen LogP contribution in [0.25, 0.3) is 22.1 Å². The van der Waals surface area contributed by atoms with Crippen molar-refractivity contribution >= 4 is 39.5 Å². The Kier molecular flexibility index (Phi) is 7.29. The Labute approximate surface area is 223 Å². The van der Waals surface area contributed by atoms with Gasteiger partial charge in [0.05, 0.1) is 33.6 Å². The minimum absolute atomic E-state index is 0.0191. The quantitative estimate of drug-likeness (QED) is 0.234. The lowest BCUT2D eigenvalue weighted by Crippen LogP contribution is -2.35. The summed E-state index contributed by atoms with van der Waals surface area (Å²) in [7, 11) is 2.00. The van der Waals surface area contributed by atoms with Crippen molar-refractivity contribution in [3.8, 4) is 0 Å². The third-order valence-corrected chi connectivity index (χ3v) is 7.82. The number of benzene rings is 1. The van der Waals surface area contributed by atoms with Gasteiger partial charge in [-0.2, -0.15) is 0 Å². The maximum absolute atomic E-state index is 13.8. The number of hydrogen-bond acceptors (Lipinski definition) is 7. The van der Waals surface area contributed by atoms with Gasteiger partial charge in [-0.3, -0.25) is 0 Å². The van der Waals surface area contributed by atoms with Crippen LogP contribution >= 0.6 is 11.6 Å². The Hall–Kier alpha value is -2.86. The molecule has 1 aliphatic rings. The first kappa shape index (κ1) is 26.7. The van der Waals surface area contributed by atoms with Crippen LogP contribution in [0.1, 0.15) is 43.6 Å². The van der Waals surface area contributed by atoms with E-state index in [-0.39, 0.29) is 22.5 Å². The summed E-state index contributed by atoms with van der Waals surface area (Å²) in [6.07, 6.45) is 4.51. The minimum atomic E-state index is -3.03.